The summed E-state index contributed by atoms with van der Waals surface area (Å²) in [4.78, 5) is 11.2. The van der Waals surface area contributed by atoms with Crippen LogP contribution < -0.4 is 5.32 Å². The van der Waals surface area contributed by atoms with E-state index in [9.17, 15) is 4.79 Å². The molecule has 15 heavy (non-hydrogen) atoms. The zero-order chi connectivity index (χ0) is 10.9. The lowest BCUT2D eigenvalue weighted by Crippen LogP contribution is -2.40. The van der Waals surface area contributed by atoms with Crippen molar-refractivity contribution in [2.24, 2.45) is 0 Å². The highest BCUT2D eigenvalue weighted by atomic mass is 35.5. The molecule has 80 valence electrons. The Hall–Kier alpha value is -1.02. The number of nitrogens with one attached hydrogen (secondary N) is 1. The molecule has 1 amide bonds. The molecule has 0 bridgehead atoms. The van der Waals surface area contributed by atoms with Crippen molar-refractivity contribution in [3.63, 3.8) is 0 Å². The van der Waals surface area contributed by atoms with Crippen LogP contribution >= 0.6 is 11.6 Å². The Morgan fingerprint density at radius 1 is 1.53 bits per heavy atom. The van der Waals surface area contributed by atoms with Crippen LogP contribution in [-0.4, -0.2) is 11.4 Å². The molecule has 3 heteroatoms. The van der Waals surface area contributed by atoms with Crippen LogP contribution in [0.5, 0.6) is 0 Å². The first kappa shape index (κ1) is 10.5. The van der Waals surface area contributed by atoms with Crippen LogP contribution in [0.1, 0.15) is 25.3 Å². The topological polar surface area (TPSA) is 29.1 Å². The van der Waals surface area contributed by atoms with E-state index < -0.39 is 0 Å². The highest BCUT2D eigenvalue weighted by Crippen LogP contribution is 2.25. The van der Waals surface area contributed by atoms with Gasteiger partial charge in [0.25, 0.3) is 0 Å². The third-order valence-corrected chi connectivity index (χ3v) is 3.06. The fourth-order valence-electron chi connectivity index (χ4n) is 2.08. The SMILES string of the molecule is CC1(Cc2cccc(Cl)c2)CCC(=O)N1. The third-order valence-electron chi connectivity index (χ3n) is 2.83. The van der Waals surface area contributed by atoms with Gasteiger partial charge in [0.05, 0.1) is 0 Å². The van der Waals surface area contributed by atoms with Gasteiger partial charge in [0.1, 0.15) is 0 Å². The van der Waals surface area contributed by atoms with E-state index >= 15 is 0 Å². The van der Waals surface area contributed by atoms with Gasteiger partial charge in [-0.25, -0.2) is 0 Å². The van der Waals surface area contributed by atoms with Gasteiger partial charge >= 0.3 is 0 Å². The second-order valence-corrected chi connectivity index (χ2v) is 4.85. The van der Waals surface area contributed by atoms with Gasteiger partial charge in [-0.2, -0.15) is 0 Å². The maximum atomic E-state index is 11.2. The number of rotatable bonds is 2. The lowest BCUT2D eigenvalue weighted by atomic mass is 9.91. The molecule has 1 fully saturated rings. The second kappa shape index (κ2) is 3.86. The Bertz CT molecular complexity index is 391. The zero-order valence-corrected chi connectivity index (χ0v) is 9.47. The van der Waals surface area contributed by atoms with E-state index in [-0.39, 0.29) is 11.4 Å². The number of amides is 1. The molecule has 0 aromatic heterocycles. The summed E-state index contributed by atoms with van der Waals surface area (Å²) < 4.78 is 0. The standard InChI is InChI=1S/C12H14ClNO/c1-12(6-5-11(15)14-12)8-9-3-2-4-10(13)7-9/h2-4,7H,5-6,8H2,1H3,(H,14,15). The number of hydrogen-bond acceptors (Lipinski definition) is 1. The van der Waals surface area contributed by atoms with Crippen molar-refractivity contribution in [2.45, 2.75) is 31.7 Å². The first-order chi connectivity index (χ1) is 7.07. The van der Waals surface area contributed by atoms with Crippen molar-refractivity contribution in [1.82, 2.24) is 5.32 Å². The summed E-state index contributed by atoms with van der Waals surface area (Å²) in [6.45, 7) is 2.08. The van der Waals surface area contributed by atoms with Crippen molar-refractivity contribution in [3.05, 3.63) is 34.9 Å². The average Bonchev–Trinajstić information content (AvgIpc) is 2.45. The number of carbonyl (C=O) groups is 1. The van der Waals surface area contributed by atoms with Crippen LogP contribution in [-0.2, 0) is 11.2 Å². The fraction of sp³-hybridized carbons (Fsp3) is 0.417. The number of carbonyl (C=O) groups excluding carboxylic acids is 1. The quantitative estimate of drug-likeness (QED) is 0.821. The summed E-state index contributed by atoms with van der Waals surface area (Å²) in [6, 6.07) is 7.80. The van der Waals surface area contributed by atoms with Crippen molar-refractivity contribution in [2.75, 3.05) is 0 Å². The molecular weight excluding hydrogens is 210 g/mol. The van der Waals surface area contributed by atoms with E-state index in [4.69, 9.17) is 11.6 Å². The smallest absolute Gasteiger partial charge is 0.220 e. The first-order valence-corrected chi connectivity index (χ1v) is 5.51. The van der Waals surface area contributed by atoms with Crippen molar-refractivity contribution < 1.29 is 4.79 Å². The molecule has 1 aromatic rings. The molecule has 0 saturated carbocycles. The monoisotopic (exact) mass is 223 g/mol. The van der Waals surface area contributed by atoms with Crippen molar-refractivity contribution >= 4 is 17.5 Å². The Kier molecular flexibility index (Phi) is 2.70. The molecule has 1 saturated heterocycles. The van der Waals surface area contributed by atoms with Crippen molar-refractivity contribution in [1.29, 1.82) is 0 Å². The van der Waals surface area contributed by atoms with Gasteiger partial charge in [0.2, 0.25) is 5.91 Å². The number of benzene rings is 1. The molecule has 1 N–H and O–H groups in total. The summed E-state index contributed by atoms with van der Waals surface area (Å²) in [5.41, 5.74) is 1.08. The molecule has 0 spiro atoms. The normalized spacial score (nSPS) is 25.3. The Labute approximate surface area is 94.6 Å². The summed E-state index contributed by atoms with van der Waals surface area (Å²) >= 11 is 5.92. The van der Waals surface area contributed by atoms with Crippen molar-refractivity contribution in [3.8, 4) is 0 Å². The molecule has 1 aliphatic rings. The summed E-state index contributed by atoms with van der Waals surface area (Å²) in [6.07, 6.45) is 2.38. The molecule has 1 atom stereocenters. The largest absolute Gasteiger partial charge is 0.351 e. The van der Waals surface area contributed by atoms with Crippen LogP contribution in [0, 0.1) is 0 Å². The van der Waals surface area contributed by atoms with Crippen LogP contribution in [0.25, 0.3) is 0 Å². The van der Waals surface area contributed by atoms with E-state index in [1.807, 2.05) is 24.3 Å². The lowest BCUT2D eigenvalue weighted by molar-refractivity contribution is -0.119. The van der Waals surface area contributed by atoms with Gasteiger partial charge in [-0.1, -0.05) is 23.7 Å². The fourth-order valence-corrected chi connectivity index (χ4v) is 2.29. The summed E-state index contributed by atoms with van der Waals surface area (Å²) in [7, 11) is 0. The van der Waals surface area contributed by atoms with Gasteiger partial charge in [-0.3, -0.25) is 4.79 Å². The van der Waals surface area contributed by atoms with Crippen LogP contribution in [0.3, 0.4) is 0 Å². The molecule has 0 aliphatic carbocycles. The maximum absolute atomic E-state index is 11.2. The van der Waals surface area contributed by atoms with E-state index in [0.29, 0.717) is 6.42 Å². The van der Waals surface area contributed by atoms with Crippen LogP contribution in [0.15, 0.2) is 24.3 Å². The predicted octanol–water partition coefficient (Wildman–Crippen LogP) is 2.55. The summed E-state index contributed by atoms with van der Waals surface area (Å²) in [5.74, 6) is 0.152. The Morgan fingerprint density at radius 3 is 2.93 bits per heavy atom. The third kappa shape index (κ3) is 2.51. The predicted molar refractivity (Wildman–Crippen MR) is 60.9 cm³/mol. The minimum absolute atomic E-state index is 0.0955. The van der Waals surface area contributed by atoms with E-state index in [0.717, 1.165) is 17.9 Å². The van der Waals surface area contributed by atoms with E-state index in [1.54, 1.807) is 0 Å². The molecule has 2 nitrogen and oxygen atoms in total. The maximum Gasteiger partial charge on any atom is 0.220 e. The molecule has 1 aromatic carbocycles. The van der Waals surface area contributed by atoms with Crippen LogP contribution in [0.2, 0.25) is 5.02 Å². The molecule has 2 rings (SSSR count). The molecule has 1 heterocycles. The first-order valence-electron chi connectivity index (χ1n) is 5.13. The molecule has 0 radical (unpaired) electrons. The summed E-state index contributed by atoms with van der Waals surface area (Å²) in [5, 5.41) is 3.77. The molecular formula is C12H14ClNO. The van der Waals surface area contributed by atoms with Gasteiger partial charge in [-0.05, 0) is 37.5 Å². The molecule has 1 unspecified atom stereocenters. The highest BCUT2D eigenvalue weighted by Gasteiger charge is 2.32. The van der Waals surface area contributed by atoms with Gasteiger partial charge in [-0.15, -0.1) is 0 Å². The highest BCUT2D eigenvalue weighted by molar-refractivity contribution is 6.30. The minimum Gasteiger partial charge on any atom is -0.351 e. The van der Waals surface area contributed by atoms with Gasteiger partial charge < -0.3 is 5.32 Å². The van der Waals surface area contributed by atoms with E-state index in [2.05, 4.69) is 12.2 Å². The Balaban J connectivity index is 2.11. The van der Waals surface area contributed by atoms with E-state index in [1.165, 1.54) is 5.56 Å². The number of halogens is 1. The average molecular weight is 224 g/mol. The van der Waals surface area contributed by atoms with Gasteiger partial charge in [0.15, 0.2) is 0 Å². The molecule has 1 aliphatic heterocycles. The number of hydrogen-bond donors (Lipinski definition) is 1. The Morgan fingerprint density at radius 2 is 2.33 bits per heavy atom. The minimum atomic E-state index is -0.0955. The van der Waals surface area contributed by atoms with Crippen LogP contribution in [0.4, 0.5) is 0 Å². The van der Waals surface area contributed by atoms with Gasteiger partial charge in [0, 0.05) is 17.0 Å². The lowest BCUT2D eigenvalue weighted by Gasteiger charge is -2.23. The zero-order valence-electron chi connectivity index (χ0n) is 8.72. The second-order valence-electron chi connectivity index (χ2n) is 4.42.